The largest absolute Gasteiger partial charge is 0.278 e. The third kappa shape index (κ3) is 9.17. The van der Waals surface area contributed by atoms with Gasteiger partial charge in [-0.2, -0.15) is 0 Å². The van der Waals surface area contributed by atoms with E-state index in [-0.39, 0.29) is 64.7 Å². The zero-order valence-corrected chi connectivity index (χ0v) is 47.3. The van der Waals surface area contributed by atoms with Gasteiger partial charge in [-0.3, -0.25) is 4.57 Å². The van der Waals surface area contributed by atoms with E-state index in [1.165, 1.54) is 49.7 Å². The van der Waals surface area contributed by atoms with Crippen molar-refractivity contribution in [3.63, 3.8) is 0 Å². The van der Waals surface area contributed by atoms with Crippen LogP contribution in [0.1, 0.15) is 24.8 Å². The Hall–Kier alpha value is -10.2. The lowest BCUT2D eigenvalue weighted by atomic mass is 10.0. The minimum Gasteiger partial charge on any atom is -0.278 e. The van der Waals surface area contributed by atoms with Gasteiger partial charge >= 0.3 is 0 Å². The number of hydrogen-bond donors (Lipinski definition) is 0. The first-order valence-corrected chi connectivity index (χ1v) is 29.6. The Morgan fingerprint density at radius 3 is 1.52 bits per heavy atom. The Labute approximate surface area is 517 Å². The number of benzene rings is 12. The van der Waals surface area contributed by atoms with E-state index in [1.807, 2.05) is 103 Å². The number of para-hydroxylation sites is 1. The molecule has 0 radical (unpaired) electrons. The summed E-state index contributed by atoms with van der Waals surface area (Å²) < 4.78 is 86.1. The van der Waals surface area contributed by atoms with Crippen LogP contribution in [0.4, 0.5) is 0 Å². The van der Waals surface area contributed by atoms with Gasteiger partial charge < -0.3 is 0 Å². The van der Waals surface area contributed by atoms with Gasteiger partial charge in [0.1, 0.15) is 9.66 Å². The Kier molecular flexibility index (Phi) is 10.2. The van der Waals surface area contributed by atoms with Crippen molar-refractivity contribution in [2.24, 2.45) is 0 Å². The van der Waals surface area contributed by atoms with Gasteiger partial charge in [-0.25, -0.2) is 19.9 Å². The highest BCUT2D eigenvalue weighted by Gasteiger charge is 2.22. The molecule has 0 fully saturated rings. The molecule has 5 nitrogen and oxygen atoms in total. The van der Waals surface area contributed by atoms with Crippen molar-refractivity contribution in [3.8, 4) is 61.8 Å². The number of thiophene rings is 2. The molecule has 0 N–H and O–H groups in total. The molecule has 1 aliphatic carbocycles. The van der Waals surface area contributed by atoms with Crippen molar-refractivity contribution in [3.05, 3.63) is 295 Å². The minimum atomic E-state index is -0.407. The molecule has 8 heteroatoms. The summed E-state index contributed by atoms with van der Waals surface area (Å²) in [6.07, 6.45) is 1.08. The molecule has 0 bridgehead atoms. The molecule has 0 spiro atoms. The molecule has 5 aromatic heterocycles. The highest BCUT2D eigenvalue weighted by atomic mass is 35.5. The smallest absolute Gasteiger partial charge is 0.236 e. The molecular weight excluding hydrogens is 1090 g/mol. The molecule has 1 aliphatic rings. The molecule has 0 atom stereocenters. The van der Waals surface area contributed by atoms with E-state index in [0.29, 0.717) is 22.8 Å². The van der Waals surface area contributed by atoms with Crippen molar-refractivity contribution in [2.75, 3.05) is 0 Å². The molecule has 18 rings (SSSR count). The monoisotopic (exact) mass is 1150 g/mol. The molecule has 0 saturated carbocycles. The van der Waals surface area contributed by atoms with E-state index in [9.17, 15) is 0 Å². The van der Waals surface area contributed by atoms with Crippen molar-refractivity contribution in [2.45, 2.75) is 6.42 Å². The lowest BCUT2D eigenvalue weighted by molar-refractivity contribution is 1.02. The lowest BCUT2D eigenvalue weighted by Gasteiger charge is -2.11. The van der Waals surface area contributed by atoms with Gasteiger partial charge in [-0.1, -0.05) is 230 Å². The first kappa shape index (κ1) is 40.9. The standard InChI is InChI=1S/C38H23N3S.C22H13ClN2S.C17H12/c1-3-11-24(12-4-1)28-19-20-34-31(22-28)35-36(25-13-5-2-6-14-25)39-38(40-37(35)42-34)41-32-18-10-9-17-29(32)30-21-26-15-7-8-16-27(26)23-33(30)41;23-22-24-20(15-9-5-2-6-10-15)19-17-13-16(14-7-3-1-4-8-14)11-12-18(17)26-21(19)25-22;1-2-6-13-11-17-15(9-12(13)5-1)10-14-7-3-4-8-16(14)17/h1-23H;1-13H;1-9,11H,10H2/i1D,3D,4D,11D,12D;1D,3D,4D,7D,8D;. The van der Waals surface area contributed by atoms with Crippen LogP contribution in [0.3, 0.4) is 0 Å². The van der Waals surface area contributed by atoms with E-state index >= 15 is 0 Å². The highest BCUT2D eigenvalue weighted by Crippen LogP contribution is 2.44. The van der Waals surface area contributed by atoms with Crippen LogP contribution in [0.15, 0.2) is 279 Å². The van der Waals surface area contributed by atoms with Crippen LogP contribution >= 0.6 is 34.3 Å². The summed E-state index contributed by atoms with van der Waals surface area (Å²) >= 11 is 9.22. The molecule has 17 aromatic rings. The van der Waals surface area contributed by atoms with Crippen molar-refractivity contribution in [1.82, 2.24) is 24.5 Å². The summed E-state index contributed by atoms with van der Waals surface area (Å²) in [5.74, 6) is 0.565. The summed E-state index contributed by atoms with van der Waals surface area (Å²) in [7, 11) is 0. The van der Waals surface area contributed by atoms with Crippen LogP contribution in [-0.2, 0) is 6.42 Å². The third-order valence-electron chi connectivity index (χ3n) is 15.7. The topological polar surface area (TPSA) is 56.5 Å². The van der Waals surface area contributed by atoms with Crippen molar-refractivity contribution >= 4 is 118 Å². The first-order chi connectivity index (χ1) is 46.2. The average molecular weight is 1150 g/mol. The average Bonchev–Trinajstić information content (AvgIpc) is 1.60. The molecule has 85 heavy (non-hydrogen) atoms. The molecule has 0 unspecified atom stereocenters. The second kappa shape index (κ2) is 21.2. The van der Waals surface area contributed by atoms with E-state index in [1.54, 1.807) is 17.4 Å². The van der Waals surface area contributed by atoms with Gasteiger partial charge in [0, 0.05) is 52.8 Å². The zero-order chi connectivity index (χ0) is 65.1. The fraction of sp³-hybridized carbons (Fsp3) is 0.0130. The summed E-state index contributed by atoms with van der Waals surface area (Å²) in [5, 5.41) is 10.8. The van der Waals surface area contributed by atoms with Crippen LogP contribution in [-0.4, -0.2) is 24.5 Å². The summed E-state index contributed by atoms with van der Waals surface area (Å²) in [4.78, 5) is 20.9. The Bertz CT molecular complexity index is 6000. The molecule has 0 saturated heterocycles. The fourth-order valence-corrected chi connectivity index (χ4v) is 14.1. The Morgan fingerprint density at radius 2 is 0.882 bits per heavy atom. The van der Waals surface area contributed by atoms with Crippen LogP contribution < -0.4 is 0 Å². The summed E-state index contributed by atoms with van der Waals surface area (Å²) in [5.41, 5.74) is 12.5. The maximum absolute atomic E-state index is 8.58. The summed E-state index contributed by atoms with van der Waals surface area (Å²) in [6.45, 7) is 0. The number of hydrogen-bond acceptors (Lipinski definition) is 6. The number of aromatic nitrogens is 5. The van der Waals surface area contributed by atoms with Crippen molar-refractivity contribution < 1.29 is 13.7 Å². The van der Waals surface area contributed by atoms with Crippen LogP contribution in [0.5, 0.6) is 0 Å². The second-order valence-electron chi connectivity index (χ2n) is 20.7. The normalized spacial score (nSPS) is 13.4. The highest BCUT2D eigenvalue weighted by molar-refractivity contribution is 7.26. The Morgan fingerprint density at radius 1 is 0.365 bits per heavy atom. The van der Waals surface area contributed by atoms with E-state index < -0.39 is 12.1 Å². The SMILES string of the molecule is [2H]c1c([2H])c([2H])c(-c2ccc3sc4nc(-n5c6ccccc6c6cc7ccccc7cc65)nc(-c5ccccc5)c4c3c2)c([2H])c1[2H].[2H]c1c([2H])c([2H])c(-c2ccc3sc4nc(Cl)nc(-c5ccccc5)c4c3c2)c([2H])c1[2H].c1ccc2c(c1)Cc1cc3ccccc3cc1-2. The predicted octanol–water partition coefficient (Wildman–Crippen LogP) is 21.7. The number of halogens is 1. The summed E-state index contributed by atoms with van der Waals surface area (Å²) in [6, 6.07) is 70.8. The molecular formula is C77H48ClN5S2. The van der Waals surface area contributed by atoms with Crippen LogP contribution in [0.25, 0.3) is 146 Å². The number of rotatable bonds is 5. The maximum Gasteiger partial charge on any atom is 0.236 e. The molecule has 400 valence electrons. The zero-order valence-electron chi connectivity index (χ0n) is 54.9. The van der Waals surface area contributed by atoms with Crippen LogP contribution in [0.2, 0.25) is 5.28 Å². The van der Waals surface area contributed by atoms with Gasteiger partial charge in [-0.05, 0) is 133 Å². The van der Waals surface area contributed by atoms with Crippen molar-refractivity contribution in [1.29, 1.82) is 0 Å². The fourth-order valence-electron chi connectivity index (χ4n) is 11.8. The molecule has 12 aromatic carbocycles. The quantitative estimate of drug-likeness (QED) is 0.161. The van der Waals surface area contributed by atoms with Gasteiger partial charge in [0.15, 0.2) is 0 Å². The number of nitrogens with zero attached hydrogens (tertiary/aromatic N) is 5. The van der Waals surface area contributed by atoms with E-state index in [2.05, 4.69) is 124 Å². The third-order valence-corrected chi connectivity index (χ3v) is 18.0. The molecule has 5 heterocycles. The van der Waals surface area contributed by atoms with E-state index in [4.69, 9.17) is 35.3 Å². The van der Waals surface area contributed by atoms with Gasteiger partial charge in [0.2, 0.25) is 11.2 Å². The van der Waals surface area contributed by atoms with Gasteiger partial charge in [-0.15, -0.1) is 22.7 Å². The number of fused-ring (bicyclic) bond motifs is 14. The van der Waals surface area contributed by atoms with Crippen LogP contribution in [0, 0.1) is 0 Å². The Balaban J connectivity index is 0.000000126. The van der Waals surface area contributed by atoms with Gasteiger partial charge in [0.25, 0.3) is 0 Å². The predicted molar refractivity (Wildman–Crippen MR) is 361 cm³/mol. The second-order valence-corrected chi connectivity index (χ2v) is 23.1. The maximum atomic E-state index is 8.58. The van der Waals surface area contributed by atoms with Gasteiger partial charge in [0.05, 0.1) is 36.1 Å². The molecule has 0 amide bonds. The minimum absolute atomic E-state index is 0.156. The van der Waals surface area contributed by atoms with E-state index in [0.717, 1.165) is 91.0 Å². The lowest BCUT2D eigenvalue weighted by Crippen LogP contribution is -2.02. The molecule has 0 aliphatic heterocycles. The first-order valence-electron chi connectivity index (χ1n) is 32.6.